The molecule has 2 unspecified atom stereocenters. The van der Waals surface area contributed by atoms with Crippen LogP contribution in [0.4, 0.5) is 8.78 Å². The van der Waals surface area contributed by atoms with Gasteiger partial charge < -0.3 is 15.2 Å². The molecule has 4 heterocycles. The van der Waals surface area contributed by atoms with E-state index in [2.05, 4.69) is 5.16 Å². The van der Waals surface area contributed by atoms with E-state index < -0.39 is 11.6 Å². The predicted octanol–water partition coefficient (Wildman–Crippen LogP) is 5.78. The third-order valence-electron chi connectivity index (χ3n) is 7.35. The maximum absolute atomic E-state index is 15.3. The molecule has 9 heteroatoms. The molecule has 6 rings (SSSR count). The number of carbonyl (C=O) groups excluding carboxylic acids is 1. The van der Waals surface area contributed by atoms with Crippen molar-refractivity contribution in [2.75, 3.05) is 0 Å². The van der Waals surface area contributed by atoms with Crippen molar-refractivity contribution < 1.29 is 18.1 Å². The van der Waals surface area contributed by atoms with E-state index in [1.165, 1.54) is 18.2 Å². The topological polar surface area (TPSA) is 96.2 Å². The van der Waals surface area contributed by atoms with Crippen molar-refractivity contribution in [2.24, 2.45) is 5.73 Å². The number of nitriles is 1. The van der Waals surface area contributed by atoms with E-state index in [-0.39, 0.29) is 40.7 Å². The number of nitrogens with zero attached hydrogens (tertiary/aromatic N) is 3. The van der Waals surface area contributed by atoms with Crippen LogP contribution >= 0.6 is 11.3 Å². The second kappa shape index (κ2) is 8.50. The number of hydrogen-bond donors (Lipinski definition) is 1. The Kier molecular flexibility index (Phi) is 5.39. The van der Waals surface area contributed by atoms with Crippen LogP contribution in [0.2, 0.25) is 0 Å². The second-order valence-corrected chi connectivity index (χ2v) is 10.6. The normalized spacial score (nSPS) is 21.2. The van der Waals surface area contributed by atoms with Gasteiger partial charge in [-0.1, -0.05) is 11.2 Å². The summed E-state index contributed by atoms with van der Waals surface area (Å²) >= 11 is 1.16. The second-order valence-electron chi connectivity index (χ2n) is 9.56. The minimum absolute atomic E-state index is 0.0871. The van der Waals surface area contributed by atoms with Crippen molar-refractivity contribution in [3.05, 3.63) is 64.2 Å². The van der Waals surface area contributed by atoms with Crippen molar-refractivity contribution in [1.29, 1.82) is 5.26 Å². The van der Waals surface area contributed by atoms with Gasteiger partial charge in [-0.3, -0.25) is 4.79 Å². The summed E-state index contributed by atoms with van der Waals surface area (Å²) in [5.74, 6) is -1.33. The van der Waals surface area contributed by atoms with Gasteiger partial charge in [-0.05, 0) is 68.5 Å². The highest BCUT2D eigenvalue weighted by atomic mass is 32.1. The van der Waals surface area contributed by atoms with Gasteiger partial charge in [0.25, 0.3) is 5.91 Å². The molecule has 2 aliphatic rings. The van der Waals surface area contributed by atoms with Gasteiger partial charge in [-0.25, -0.2) is 8.78 Å². The van der Waals surface area contributed by atoms with Gasteiger partial charge in [0.05, 0.1) is 21.7 Å². The van der Waals surface area contributed by atoms with Gasteiger partial charge in [0.1, 0.15) is 17.7 Å². The number of rotatable bonds is 3. The predicted molar refractivity (Wildman–Crippen MR) is 132 cm³/mol. The summed E-state index contributed by atoms with van der Waals surface area (Å²) in [7, 11) is 0. The number of amides is 1. The fourth-order valence-electron chi connectivity index (χ4n) is 5.66. The van der Waals surface area contributed by atoms with Gasteiger partial charge in [0.2, 0.25) is 0 Å². The molecular formula is C27H22F2N4O2S. The Hall–Kier alpha value is -3.61. The summed E-state index contributed by atoms with van der Waals surface area (Å²) < 4.78 is 35.4. The molecule has 6 nitrogen and oxygen atoms in total. The number of hydrogen-bond acceptors (Lipinski definition) is 6. The highest BCUT2D eigenvalue weighted by molar-refractivity contribution is 7.18. The first kappa shape index (κ1) is 22.8. The quantitative estimate of drug-likeness (QED) is 0.382. The number of halogens is 2. The third-order valence-corrected chi connectivity index (χ3v) is 8.49. The summed E-state index contributed by atoms with van der Waals surface area (Å²) in [5.41, 5.74) is 8.10. The van der Waals surface area contributed by atoms with Gasteiger partial charge in [0.15, 0.2) is 5.58 Å². The molecule has 0 radical (unpaired) electrons. The van der Waals surface area contributed by atoms with Crippen molar-refractivity contribution in [3.63, 3.8) is 0 Å². The molecule has 0 spiro atoms. The molecule has 2 aromatic carbocycles. The number of benzene rings is 2. The van der Waals surface area contributed by atoms with E-state index in [1.54, 1.807) is 25.1 Å². The fraction of sp³-hybridized carbons (Fsp3) is 0.296. The van der Waals surface area contributed by atoms with Crippen LogP contribution < -0.4 is 5.73 Å². The highest BCUT2D eigenvalue weighted by Crippen LogP contribution is 2.45. The molecule has 0 aliphatic carbocycles. The monoisotopic (exact) mass is 504 g/mol. The average Bonchev–Trinajstić information content (AvgIpc) is 3.53. The lowest BCUT2D eigenvalue weighted by Crippen LogP contribution is -2.49. The Morgan fingerprint density at radius 1 is 1.17 bits per heavy atom. The molecule has 2 aromatic heterocycles. The SMILES string of the molecule is Cc1noc2c(-c3sc(C(=O)N4C5CCC4CC(N)C5)cc3-c3ccc(C#N)c(F)c3)c(F)ccc12. The van der Waals surface area contributed by atoms with Crippen LogP contribution in [0, 0.1) is 29.9 Å². The number of nitrogens with two attached hydrogens (primary N) is 1. The third kappa shape index (κ3) is 3.52. The molecule has 2 bridgehead atoms. The lowest BCUT2D eigenvalue weighted by atomic mass is 9.97. The number of piperidine rings is 1. The Labute approximate surface area is 209 Å². The Balaban J connectivity index is 1.53. The Morgan fingerprint density at radius 3 is 2.61 bits per heavy atom. The zero-order valence-corrected chi connectivity index (χ0v) is 20.2. The van der Waals surface area contributed by atoms with Crippen LogP contribution in [0.25, 0.3) is 32.5 Å². The zero-order chi connectivity index (χ0) is 25.1. The van der Waals surface area contributed by atoms with Crippen LogP contribution in [0.1, 0.15) is 46.6 Å². The maximum atomic E-state index is 15.3. The molecule has 2 atom stereocenters. The molecule has 1 amide bonds. The minimum Gasteiger partial charge on any atom is -0.355 e. The summed E-state index contributed by atoms with van der Waals surface area (Å²) in [6.45, 7) is 1.77. The summed E-state index contributed by atoms with van der Waals surface area (Å²) in [4.78, 5) is 16.6. The number of carbonyl (C=O) groups is 1. The Morgan fingerprint density at radius 2 is 1.92 bits per heavy atom. The fourth-order valence-corrected chi connectivity index (χ4v) is 6.83. The number of aryl methyl sites for hydroxylation is 1. The van der Waals surface area contributed by atoms with E-state index in [0.717, 1.165) is 37.0 Å². The minimum atomic E-state index is -0.683. The first-order valence-corrected chi connectivity index (χ1v) is 12.6. The molecular weight excluding hydrogens is 482 g/mol. The molecule has 2 aliphatic heterocycles. The maximum Gasteiger partial charge on any atom is 0.264 e. The van der Waals surface area contributed by atoms with Crippen molar-refractivity contribution in [3.8, 4) is 27.6 Å². The van der Waals surface area contributed by atoms with E-state index in [4.69, 9.17) is 15.5 Å². The first-order chi connectivity index (χ1) is 17.4. The Bertz CT molecular complexity index is 1560. The van der Waals surface area contributed by atoms with Crippen LogP contribution in [-0.2, 0) is 0 Å². The van der Waals surface area contributed by atoms with E-state index >= 15 is 4.39 Å². The zero-order valence-electron chi connectivity index (χ0n) is 19.4. The standard InChI is InChI=1S/C27H22F2N4O2S/c1-13-19-6-7-21(28)24(25(19)35-32-13)26-20(14-2-3-15(12-30)22(29)8-14)11-23(36-26)27(34)33-17-4-5-18(33)10-16(31)9-17/h2-3,6-8,11,16-18H,4-5,9-10,31H2,1H3. The number of fused-ring (bicyclic) bond motifs is 3. The van der Waals surface area contributed by atoms with Crippen molar-refractivity contribution in [1.82, 2.24) is 10.1 Å². The molecule has 2 fully saturated rings. The average molecular weight is 505 g/mol. The summed E-state index contributed by atoms with van der Waals surface area (Å²) in [6, 6.07) is 11.0. The lowest BCUT2D eigenvalue weighted by molar-refractivity contribution is 0.0580. The van der Waals surface area contributed by atoms with Gasteiger partial charge in [0, 0.05) is 34.0 Å². The highest BCUT2D eigenvalue weighted by Gasteiger charge is 2.43. The van der Waals surface area contributed by atoms with Crippen molar-refractivity contribution >= 4 is 28.2 Å². The lowest BCUT2D eigenvalue weighted by Gasteiger charge is -2.37. The van der Waals surface area contributed by atoms with Crippen molar-refractivity contribution in [2.45, 2.75) is 50.7 Å². The van der Waals surface area contributed by atoms with E-state index in [1.807, 2.05) is 11.0 Å². The largest absolute Gasteiger partial charge is 0.355 e. The van der Waals surface area contributed by atoms with Gasteiger partial charge in [-0.15, -0.1) is 11.3 Å². The molecule has 2 N–H and O–H groups in total. The van der Waals surface area contributed by atoms with Crippen LogP contribution in [0.3, 0.4) is 0 Å². The summed E-state index contributed by atoms with van der Waals surface area (Å²) in [5, 5.41) is 13.8. The first-order valence-electron chi connectivity index (χ1n) is 11.8. The molecule has 0 saturated carbocycles. The van der Waals surface area contributed by atoms with Gasteiger partial charge in [-0.2, -0.15) is 5.26 Å². The van der Waals surface area contributed by atoms with Crippen LogP contribution in [0.15, 0.2) is 40.9 Å². The van der Waals surface area contributed by atoms with Crippen LogP contribution in [0.5, 0.6) is 0 Å². The molecule has 4 aromatic rings. The number of thiophene rings is 1. The molecule has 36 heavy (non-hydrogen) atoms. The number of aromatic nitrogens is 1. The van der Waals surface area contributed by atoms with E-state index in [0.29, 0.717) is 32.0 Å². The smallest absolute Gasteiger partial charge is 0.264 e. The van der Waals surface area contributed by atoms with Crippen LogP contribution in [-0.4, -0.2) is 34.1 Å². The molecule has 182 valence electrons. The van der Waals surface area contributed by atoms with E-state index in [9.17, 15) is 9.18 Å². The summed E-state index contributed by atoms with van der Waals surface area (Å²) in [6.07, 6.45) is 3.36. The van der Waals surface area contributed by atoms with Gasteiger partial charge >= 0.3 is 0 Å². The molecule has 2 saturated heterocycles.